The van der Waals surface area contributed by atoms with Crippen LogP contribution in [-0.4, -0.2) is 49.1 Å². The Morgan fingerprint density at radius 2 is 1.95 bits per heavy atom. The molecule has 1 saturated heterocycles. The normalized spacial score (nSPS) is 20.8. The summed E-state index contributed by atoms with van der Waals surface area (Å²) in [6.45, 7) is 8.06. The zero-order valence-electron chi connectivity index (χ0n) is 14.1. The van der Waals surface area contributed by atoms with E-state index in [0.717, 1.165) is 6.54 Å². The van der Waals surface area contributed by atoms with E-state index in [-0.39, 0.29) is 0 Å². The highest BCUT2D eigenvalue weighted by Crippen LogP contribution is 2.22. The first-order valence-corrected chi connectivity index (χ1v) is 8.29. The molecule has 1 unspecified atom stereocenters. The van der Waals surface area contributed by atoms with Crippen molar-refractivity contribution in [3.05, 3.63) is 29.8 Å². The highest BCUT2D eigenvalue weighted by molar-refractivity contribution is 5.51. The van der Waals surface area contributed by atoms with E-state index in [4.69, 9.17) is 0 Å². The molecule has 21 heavy (non-hydrogen) atoms. The van der Waals surface area contributed by atoms with E-state index < -0.39 is 0 Å². The smallest absolute Gasteiger partial charge is 0.0388 e. The van der Waals surface area contributed by atoms with Crippen LogP contribution in [0.2, 0.25) is 0 Å². The van der Waals surface area contributed by atoms with Crippen molar-refractivity contribution >= 4 is 5.69 Å². The average molecular weight is 289 g/mol. The van der Waals surface area contributed by atoms with Gasteiger partial charge in [0.1, 0.15) is 0 Å². The van der Waals surface area contributed by atoms with Gasteiger partial charge in [0.25, 0.3) is 0 Å². The van der Waals surface area contributed by atoms with Gasteiger partial charge in [0, 0.05) is 30.9 Å². The molecule has 3 heteroatoms. The predicted octanol–water partition coefficient (Wildman–Crippen LogP) is 3.42. The molecule has 1 atom stereocenters. The third-order valence-electron chi connectivity index (χ3n) is 4.36. The Bertz CT molecular complexity index is 428. The summed E-state index contributed by atoms with van der Waals surface area (Å²) in [4.78, 5) is 4.83. The van der Waals surface area contributed by atoms with Gasteiger partial charge in [0.15, 0.2) is 0 Å². The van der Waals surface area contributed by atoms with Crippen LogP contribution in [0.5, 0.6) is 0 Å². The summed E-state index contributed by atoms with van der Waals surface area (Å²) in [6, 6.07) is 10.0. The Hall–Kier alpha value is -1.06. The number of para-hydroxylation sites is 1. The number of anilines is 1. The van der Waals surface area contributed by atoms with Crippen molar-refractivity contribution in [2.45, 2.75) is 51.7 Å². The van der Waals surface area contributed by atoms with Gasteiger partial charge < -0.3 is 15.1 Å². The van der Waals surface area contributed by atoms with Crippen molar-refractivity contribution in [1.29, 1.82) is 0 Å². The molecule has 2 rings (SSSR count). The molecule has 1 fully saturated rings. The lowest BCUT2D eigenvalue weighted by atomic mass is 10.1. The summed E-state index contributed by atoms with van der Waals surface area (Å²) in [6.07, 6.45) is 3.82. The van der Waals surface area contributed by atoms with Crippen LogP contribution in [0.3, 0.4) is 0 Å². The van der Waals surface area contributed by atoms with Crippen LogP contribution in [0.15, 0.2) is 24.3 Å². The fourth-order valence-electron chi connectivity index (χ4n) is 3.14. The molecule has 1 N–H and O–H groups in total. The molecule has 0 spiro atoms. The summed E-state index contributed by atoms with van der Waals surface area (Å²) in [5, 5.41) is 3.80. The average Bonchev–Trinajstić information content (AvgIpc) is 2.66. The third-order valence-corrected chi connectivity index (χ3v) is 4.36. The Balaban J connectivity index is 1.98. The second-order valence-corrected chi connectivity index (χ2v) is 6.80. The molecular formula is C18H31N3. The third kappa shape index (κ3) is 5.01. The largest absolute Gasteiger partial charge is 0.382 e. The standard InChI is InChI=1S/C18H31N3/c1-15(2)21-12-7-9-17(11-13-21)19-18-10-6-5-8-16(18)14-20(3)4/h5-6,8,10,15,17,19H,7,9,11-14H2,1-4H3. The van der Waals surface area contributed by atoms with Crippen LogP contribution < -0.4 is 5.32 Å². The van der Waals surface area contributed by atoms with Crippen molar-refractivity contribution in [3.63, 3.8) is 0 Å². The molecule has 118 valence electrons. The molecule has 0 aromatic heterocycles. The molecule has 0 aliphatic carbocycles. The summed E-state index contributed by atoms with van der Waals surface area (Å²) in [5.74, 6) is 0. The van der Waals surface area contributed by atoms with E-state index in [1.807, 2.05) is 0 Å². The Labute approximate surface area is 130 Å². The fraction of sp³-hybridized carbons (Fsp3) is 0.667. The summed E-state index contributed by atoms with van der Waals surface area (Å²) in [7, 11) is 4.26. The van der Waals surface area contributed by atoms with Gasteiger partial charge >= 0.3 is 0 Å². The van der Waals surface area contributed by atoms with Crippen LogP contribution in [0.4, 0.5) is 5.69 Å². The molecule has 1 heterocycles. The number of benzene rings is 1. The van der Waals surface area contributed by atoms with Gasteiger partial charge in [-0.25, -0.2) is 0 Å². The lowest BCUT2D eigenvalue weighted by Crippen LogP contribution is -2.32. The van der Waals surface area contributed by atoms with E-state index >= 15 is 0 Å². The minimum atomic E-state index is 0.608. The van der Waals surface area contributed by atoms with Gasteiger partial charge in [-0.3, -0.25) is 0 Å². The zero-order valence-corrected chi connectivity index (χ0v) is 14.1. The van der Waals surface area contributed by atoms with Crippen molar-refractivity contribution < 1.29 is 0 Å². The maximum absolute atomic E-state index is 3.80. The maximum atomic E-state index is 3.80. The van der Waals surface area contributed by atoms with E-state index in [0.29, 0.717) is 12.1 Å². The number of likely N-dealkylation sites (tertiary alicyclic amines) is 1. The van der Waals surface area contributed by atoms with E-state index in [9.17, 15) is 0 Å². The molecule has 0 radical (unpaired) electrons. The second kappa shape index (κ2) is 7.81. The highest BCUT2D eigenvalue weighted by Gasteiger charge is 2.19. The molecular weight excluding hydrogens is 258 g/mol. The lowest BCUT2D eigenvalue weighted by Gasteiger charge is -2.25. The van der Waals surface area contributed by atoms with Crippen molar-refractivity contribution in [1.82, 2.24) is 9.80 Å². The molecule has 1 aliphatic heterocycles. The molecule has 0 saturated carbocycles. The minimum absolute atomic E-state index is 0.608. The van der Waals surface area contributed by atoms with E-state index in [2.05, 4.69) is 67.3 Å². The summed E-state index contributed by atoms with van der Waals surface area (Å²) >= 11 is 0. The lowest BCUT2D eigenvalue weighted by molar-refractivity contribution is 0.230. The molecule has 1 aromatic rings. The first-order chi connectivity index (χ1) is 10.1. The summed E-state index contributed by atoms with van der Waals surface area (Å²) < 4.78 is 0. The van der Waals surface area contributed by atoms with E-state index in [1.165, 1.54) is 43.6 Å². The van der Waals surface area contributed by atoms with Crippen LogP contribution in [0.1, 0.15) is 38.7 Å². The van der Waals surface area contributed by atoms with Crippen molar-refractivity contribution in [2.24, 2.45) is 0 Å². The maximum Gasteiger partial charge on any atom is 0.0388 e. The first kappa shape index (κ1) is 16.3. The molecule has 1 aliphatic rings. The van der Waals surface area contributed by atoms with Gasteiger partial charge in [0.05, 0.1) is 0 Å². The minimum Gasteiger partial charge on any atom is -0.382 e. The fourth-order valence-corrected chi connectivity index (χ4v) is 3.14. The van der Waals surface area contributed by atoms with Gasteiger partial charge in [-0.15, -0.1) is 0 Å². The Kier molecular flexibility index (Phi) is 6.07. The molecule has 0 amide bonds. The van der Waals surface area contributed by atoms with Crippen molar-refractivity contribution in [2.75, 3.05) is 32.5 Å². The van der Waals surface area contributed by atoms with Crippen molar-refractivity contribution in [3.8, 4) is 0 Å². The number of nitrogens with zero attached hydrogens (tertiary/aromatic N) is 2. The summed E-state index contributed by atoms with van der Waals surface area (Å²) in [5.41, 5.74) is 2.71. The molecule has 1 aromatic carbocycles. The van der Waals surface area contributed by atoms with Gasteiger partial charge in [-0.1, -0.05) is 18.2 Å². The van der Waals surface area contributed by atoms with E-state index in [1.54, 1.807) is 0 Å². The number of hydrogen-bond donors (Lipinski definition) is 1. The quantitative estimate of drug-likeness (QED) is 0.896. The highest BCUT2D eigenvalue weighted by atomic mass is 15.1. The molecule has 3 nitrogen and oxygen atoms in total. The van der Waals surface area contributed by atoms with Gasteiger partial charge in [-0.2, -0.15) is 0 Å². The topological polar surface area (TPSA) is 18.5 Å². The van der Waals surface area contributed by atoms with Crippen LogP contribution in [0, 0.1) is 0 Å². The van der Waals surface area contributed by atoms with Gasteiger partial charge in [-0.05, 0) is 65.4 Å². The monoisotopic (exact) mass is 289 g/mol. The van der Waals surface area contributed by atoms with Crippen LogP contribution >= 0.6 is 0 Å². The zero-order chi connectivity index (χ0) is 15.2. The predicted molar refractivity (Wildman–Crippen MR) is 91.8 cm³/mol. The van der Waals surface area contributed by atoms with Crippen LogP contribution in [-0.2, 0) is 6.54 Å². The number of nitrogens with one attached hydrogen (secondary N) is 1. The first-order valence-electron chi connectivity index (χ1n) is 8.29. The SMILES string of the molecule is CC(C)N1CCCC(Nc2ccccc2CN(C)C)CC1. The van der Waals surface area contributed by atoms with Gasteiger partial charge in [0.2, 0.25) is 0 Å². The Morgan fingerprint density at radius 3 is 2.67 bits per heavy atom. The molecule has 0 bridgehead atoms. The number of rotatable bonds is 5. The van der Waals surface area contributed by atoms with Crippen LogP contribution in [0.25, 0.3) is 0 Å². The number of hydrogen-bond acceptors (Lipinski definition) is 3. The Morgan fingerprint density at radius 1 is 1.19 bits per heavy atom. The second-order valence-electron chi connectivity index (χ2n) is 6.80.